The van der Waals surface area contributed by atoms with E-state index in [1.54, 1.807) is 0 Å². The molecule has 0 bridgehead atoms. The first-order valence-corrected chi connectivity index (χ1v) is 6.57. The normalized spacial score (nSPS) is 21.1. The molecule has 104 valence electrons. The number of hydrogen-bond donors (Lipinski definition) is 3. The summed E-state index contributed by atoms with van der Waals surface area (Å²) < 4.78 is 0.360. The van der Waals surface area contributed by atoms with Crippen molar-refractivity contribution in [3.05, 3.63) is 10.6 Å². The molecule has 0 aliphatic carbocycles. The number of carbonyl (C=O) groups is 2. The van der Waals surface area contributed by atoms with Crippen molar-refractivity contribution >= 4 is 24.2 Å². The lowest BCUT2D eigenvalue weighted by atomic mass is 10.0. The van der Waals surface area contributed by atoms with Gasteiger partial charge in [-0.05, 0) is 18.1 Å². The highest BCUT2D eigenvalue weighted by Gasteiger charge is 2.40. The summed E-state index contributed by atoms with van der Waals surface area (Å²) in [5.41, 5.74) is 0. The van der Waals surface area contributed by atoms with E-state index >= 15 is 0 Å². The van der Waals surface area contributed by atoms with Crippen molar-refractivity contribution in [2.24, 2.45) is 5.92 Å². The van der Waals surface area contributed by atoms with E-state index in [2.05, 4.69) is 20.5 Å². The zero-order valence-electron chi connectivity index (χ0n) is 11.1. The molecule has 0 aromatic carbocycles. The second kappa shape index (κ2) is 5.12. The van der Waals surface area contributed by atoms with Crippen LogP contribution in [0.15, 0.2) is 0 Å². The molecule has 19 heavy (non-hydrogen) atoms. The Labute approximate surface area is 115 Å². The number of H-pyrrole nitrogens is 2. The molecule has 3 amide bonds. The van der Waals surface area contributed by atoms with Gasteiger partial charge in [-0.15, -0.1) is 0 Å². The molecule has 1 fully saturated rings. The monoisotopic (exact) mass is 283 g/mol. The summed E-state index contributed by atoms with van der Waals surface area (Å²) in [4.78, 5) is 29.2. The average Bonchev–Trinajstić information content (AvgIpc) is 2.87. The van der Waals surface area contributed by atoms with E-state index < -0.39 is 6.04 Å². The molecule has 7 nitrogen and oxygen atoms in total. The molecule has 1 aliphatic heterocycles. The molecule has 2 unspecified atom stereocenters. The van der Waals surface area contributed by atoms with Crippen LogP contribution in [0.3, 0.4) is 0 Å². The molecule has 0 spiro atoms. The van der Waals surface area contributed by atoms with E-state index in [1.807, 2.05) is 20.8 Å². The molecule has 0 radical (unpaired) electrons. The molecule has 3 N–H and O–H groups in total. The van der Waals surface area contributed by atoms with Gasteiger partial charge in [-0.25, -0.2) is 9.78 Å². The highest BCUT2D eigenvalue weighted by Crippen LogP contribution is 2.18. The Balaban J connectivity index is 2.09. The Morgan fingerprint density at radius 1 is 1.32 bits per heavy atom. The maximum atomic E-state index is 12.1. The van der Waals surface area contributed by atoms with Gasteiger partial charge in [-0.2, -0.15) is 0 Å². The van der Waals surface area contributed by atoms with Gasteiger partial charge in [0.1, 0.15) is 11.9 Å². The largest absolute Gasteiger partial charge is 0.326 e. The van der Waals surface area contributed by atoms with E-state index in [4.69, 9.17) is 12.2 Å². The van der Waals surface area contributed by atoms with Gasteiger partial charge in [0.15, 0.2) is 0 Å². The highest BCUT2D eigenvalue weighted by molar-refractivity contribution is 7.71. The lowest BCUT2D eigenvalue weighted by molar-refractivity contribution is -0.128. The van der Waals surface area contributed by atoms with Crippen LogP contribution in [0, 0.1) is 10.7 Å². The number of nitrogens with one attached hydrogen (secondary N) is 3. The smallest absolute Gasteiger partial charge is 0.324 e. The molecule has 8 heteroatoms. The first kappa shape index (κ1) is 13.7. The number of hydrogen-bond acceptors (Lipinski definition) is 4. The summed E-state index contributed by atoms with van der Waals surface area (Å²) in [6.07, 6.45) is 0. The van der Waals surface area contributed by atoms with Crippen LogP contribution in [0.5, 0.6) is 0 Å². The van der Waals surface area contributed by atoms with Crippen LogP contribution in [0.25, 0.3) is 0 Å². The third-order valence-electron chi connectivity index (χ3n) is 3.17. The van der Waals surface area contributed by atoms with Crippen molar-refractivity contribution in [1.29, 1.82) is 0 Å². The Kier molecular flexibility index (Phi) is 3.70. The second-order valence-electron chi connectivity index (χ2n) is 5.07. The number of urea groups is 1. The van der Waals surface area contributed by atoms with Crippen LogP contribution < -0.4 is 5.32 Å². The van der Waals surface area contributed by atoms with Gasteiger partial charge in [0.25, 0.3) is 5.91 Å². The van der Waals surface area contributed by atoms with Crippen molar-refractivity contribution in [2.45, 2.75) is 32.7 Å². The summed E-state index contributed by atoms with van der Waals surface area (Å²) in [5.74, 6) is 0.432. The number of aromatic amines is 2. The third-order valence-corrected chi connectivity index (χ3v) is 3.36. The minimum atomic E-state index is -0.433. The first-order valence-electron chi connectivity index (χ1n) is 6.16. The van der Waals surface area contributed by atoms with Gasteiger partial charge in [-0.1, -0.05) is 20.8 Å². The summed E-state index contributed by atoms with van der Waals surface area (Å²) in [6, 6.07) is -0.776. The summed E-state index contributed by atoms with van der Waals surface area (Å²) in [7, 11) is 0. The number of aromatic nitrogens is 3. The summed E-state index contributed by atoms with van der Waals surface area (Å²) in [5, 5.41) is 8.23. The molecular weight excluding hydrogens is 266 g/mol. The van der Waals surface area contributed by atoms with Crippen molar-refractivity contribution in [1.82, 2.24) is 25.4 Å². The van der Waals surface area contributed by atoms with Crippen molar-refractivity contribution in [3.63, 3.8) is 0 Å². The lowest BCUT2D eigenvalue weighted by Gasteiger charge is -2.17. The van der Waals surface area contributed by atoms with Gasteiger partial charge in [-0.3, -0.25) is 19.9 Å². The fraction of sp³-hybridized carbons (Fsp3) is 0.636. The van der Waals surface area contributed by atoms with Gasteiger partial charge in [0.2, 0.25) is 4.77 Å². The Bertz CT molecular complexity index is 549. The minimum absolute atomic E-state index is 0.0768. The Morgan fingerprint density at radius 3 is 2.47 bits per heavy atom. The van der Waals surface area contributed by atoms with Crippen LogP contribution in [0.2, 0.25) is 0 Å². The standard InChI is InChI=1S/C11H17N5O2S/c1-5(2)7-9(17)16(11(18)12-7)4-6(3)8-13-10(19)15-14-8/h5-7H,4H2,1-3H3,(H,12,18)(H2,13,14,15,19). The minimum Gasteiger partial charge on any atom is -0.326 e. The molecule has 2 rings (SSSR count). The van der Waals surface area contributed by atoms with Crippen LogP contribution in [-0.4, -0.2) is 44.6 Å². The predicted octanol–water partition coefficient (Wildman–Crippen LogP) is 1.15. The number of carbonyl (C=O) groups excluding carboxylic acids is 2. The average molecular weight is 283 g/mol. The van der Waals surface area contributed by atoms with Crippen molar-refractivity contribution in [3.8, 4) is 0 Å². The van der Waals surface area contributed by atoms with Crippen LogP contribution in [0.1, 0.15) is 32.5 Å². The molecule has 2 atom stereocenters. The topological polar surface area (TPSA) is 93.9 Å². The van der Waals surface area contributed by atoms with Gasteiger partial charge in [0.05, 0.1) is 0 Å². The quantitative estimate of drug-likeness (QED) is 0.570. The zero-order valence-corrected chi connectivity index (χ0v) is 11.9. The van der Waals surface area contributed by atoms with E-state index in [9.17, 15) is 9.59 Å². The molecular formula is C11H17N5O2S. The van der Waals surface area contributed by atoms with Crippen LogP contribution >= 0.6 is 12.2 Å². The summed E-state index contributed by atoms with van der Waals surface area (Å²) in [6.45, 7) is 5.97. The number of imide groups is 1. The molecule has 1 saturated heterocycles. The fourth-order valence-electron chi connectivity index (χ4n) is 2.04. The molecule has 1 aromatic rings. The SMILES string of the molecule is CC(CN1C(=O)NC(C(C)C)C1=O)c1nc(=S)[nH][nH]1. The fourth-order valence-corrected chi connectivity index (χ4v) is 2.19. The maximum Gasteiger partial charge on any atom is 0.324 e. The van der Waals surface area contributed by atoms with Crippen LogP contribution in [-0.2, 0) is 4.79 Å². The molecule has 1 aromatic heterocycles. The van der Waals surface area contributed by atoms with Gasteiger partial charge in [0, 0.05) is 12.5 Å². The van der Waals surface area contributed by atoms with Crippen LogP contribution in [0.4, 0.5) is 4.79 Å². The van der Waals surface area contributed by atoms with E-state index in [-0.39, 0.29) is 30.3 Å². The maximum absolute atomic E-state index is 12.1. The molecule has 1 aliphatic rings. The van der Waals surface area contributed by atoms with Gasteiger partial charge < -0.3 is 5.32 Å². The second-order valence-corrected chi connectivity index (χ2v) is 5.46. The van der Waals surface area contributed by atoms with E-state index in [0.29, 0.717) is 10.6 Å². The van der Waals surface area contributed by atoms with E-state index in [1.165, 1.54) is 4.90 Å². The Hall–Kier alpha value is -1.70. The van der Waals surface area contributed by atoms with E-state index in [0.717, 1.165) is 0 Å². The zero-order chi connectivity index (χ0) is 14.2. The Morgan fingerprint density at radius 2 is 2.00 bits per heavy atom. The van der Waals surface area contributed by atoms with Gasteiger partial charge >= 0.3 is 6.03 Å². The number of amides is 3. The lowest BCUT2D eigenvalue weighted by Crippen LogP contribution is -2.36. The predicted molar refractivity (Wildman–Crippen MR) is 71.1 cm³/mol. The summed E-state index contributed by atoms with van der Waals surface area (Å²) >= 11 is 4.88. The number of rotatable bonds is 4. The highest BCUT2D eigenvalue weighted by atomic mass is 32.1. The molecule has 0 saturated carbocycles. The first-order chi connectivity index (χ1) is 8.90. The number of nitrogens with zero attached hydrogens (tertiary/aromatic N) is 2. The van der Waals surface area contributed by atoms with Crippen molar-refractivity contribution < 1.29 is 9.59 Å². The van der Waals surface area contributed by atoms with Crippen molar-refractivity contribution in [2.75, 3.05) is 6.54 Å². The third kappa shape index (κ3) is 2.67. The molecule has 2 heterocycles.